The van der Waals surface area contributed by atoms with Gasteiger partial charge >= 0.3 is 6.18 Å². The van der Waals surface area contributed by atoms with Gasteiger partial charge in [0.1, 0.15) is 11.5 Å². The zero-order chi connectivity index (χ0) is 14.0. The molecular weight excluding hydrogens is 259 g/mol. The van der Waals surface area contributed by atoms with Gasteiger partial charge < -0.3 is 10.3 Å². The SMILES string of the molecule is Cc1cnc(NC(C)c2ncc(C(F)(F)F)[nH]2)nc1. The molecule has 19 heavy (non-hydrogen) atoms. The molecule has 0 saturated carbocycles. The van der Waals surface area contributed by atoms with Crippen LogP contribution >= 0.6 is 0 Å². The minimum Gasteiger partial charge on any atom is -0.345 e. The van der Waals surface area contributed by atoms with E-state index in [4.69, 9.17) is 0 Å². The van der Waals surface area contributed by atoms with Crippen LogP contribution in [-0.4, -0.2) is 19.9 Å². The van der Waals surface area contributed by atoms with Crippen LogP contribution in [0.4, 0.5) is 19.1 Å². The summed E-state index contributed by atoms with van der Waals surface area (Å²) in [6.07, 6.45) is -0.425. The van der Waals surface area contributed by atoms with Gasteiger partial charge in [-0.3, -0.25) is 0 Å². The van der Waals surface area contributed by atoms with Crippen molar-refractivity contribution >= 4 is 5.95 Å². The highest BCUT2D eigenvalue weighted by molar-refractivity contribution is 5.27. The summed E-state index contributed by atoms with van der Waals surface area (Å²) in [5.74, 6) is 0.513. The average molecular weight is 271 g/mol. The molecule has 0 spiro atoms. The highest BCUT2D eigenvalue weighted by atomic mass is 19.4. The summed E-state index contributed by atoms with van der Waals surface area (Å²) in [5.41, 5.74) is 0.0246. The van der Waals surface area contributed by atoms with Crippen molar-refractivity contribution in [2.45, 2.75) is 26.1 Å². The molecule has 2 heterocycles. The largest absolute Gasteiger partial charge is 0.432 e. The number of aromatic amines is 1. The van der Waals surface area contributed by atoms with Crippen LogP contribution in [0.2, 0.25) is 0 Å². The maximum atomic E-state index is 12.4. The van der Waals surface area contributed by atoms with Gasteiger partial charge in [0.15, 0.2) is 0 Å². The lowest BCUT2D eigenvalue weighted by molar-refractivity contribution is -0.140. The minimum absolute atomic E-state index is 0.177. The number of anilines is 1. The molecule has 0 aliphatic heterocycles. The van der Waals surface area contributed by atoms with Gasteiger partial charge in [0.2, 0.25) is 5.95 Å². The van der Waals surface area contributed by atoms with Crippen molar-refractivity contribution < 1.29 is 13.2 Å². The number of aromatic nitrogens is 4. The first-order valence-corrected chi connectivity index (χ1v) is 5.53. The summed E-state index contributed by atoms with van der Waals surface area (Å²) >= 11 is 0. The van der Waals surface area contributed by atoms with Crippen LogP contribution in [-0.2, 0) is 6.18 Å². The molecule has 0 aliphatic rings. The van der Waals surface area contributed by atoms with Crippen molar-refractivity contribution in [3.05, 3.63) is 35.7 Å². The first-order valence-electron chi connectivity index (χ1n) is 5.53. The van der Waals surface area contributed by atoms with E-state index in [0.717, 1.165) is 11.8 Å². The molecule has 102 valence electrons. The van der Waals surface area contributed by atoms with Crippen LogP contribution in [0.5, 0.6) is 0 Å². The first kappa shape index (κ1) is 13.3. The predicted octanol–water partition coefficient (Wildman–Crippen LogP) is 2.70. The van der Waals surface area contributed by atoms with Crippen LogP contribution in [0, 0.1) is 6.92 Å². The average Bonchev–Trinajstić information content (AvgIpc) is 2.81. The maximum absolute atomic E-state index is 12.4. The van der Waals surface area contributed by atoms with Crippen LogP contribution in [0.1, 0.15) is 30.0 Å². The number of imidazole rings is 1. The fourth-order valence-electron chi connectivity index (χ4n) is 1.43. The molecule has 5 nitrogen and oxygen atoms in total. The van der Waals surface area contributed by atoms with E-state index in [1.165, 1.54) is 0 Å². The standard InChI is InChI=1S/C11H12F3N5/c1-6-3-16-10(17-4-6)18-7(2)9-15-5-8(19-9)11(12,13)14/h3-5,7H,1-2H3,(H,15,19)(H,16,17,18). The molecular formula is C11H12F3N5. The van der Waals surface area contributed by atoms with Gasteiger partial charge in [-0.25, -0.2) is 15.0 Å². The topological polar surface area (TPSA) is 66.5 Å². The lowest BCUT2D eigenvalue weighted by Gasteiger charge is -2.11. The summed E-state index contributed by atoms with van der Waals surface area (Å²) in [6.45, 7) is 3.51. The predicted molar refractivity (Wildman–Crippen MR) is 62.4 cm³/mol. The Morgan fingerprint density at radius 1 is 1.16 bits per heavy atom. The summed E-state index contributed by atoms with van der Waals surface area (Å²) in [6, 6.07) is -0.459. The van der Waals surface area contributed by atoms with Gasteiger partial charge in [-0.15, -0.1) is 0 Å². The van der Waals surface area contributed by atoms with E-state index >= 15 is 0 Å². The second-order valence-electron chi connectivity index (χ2n) is 4.13. The van der Waals surface area contributed by atoms with Crippen molar-refractivity contribution in [1.82, 2.24) is 19.9 Å². The Hall–Kier alpha value is -2.12. The second-order valence-corrected chi connectivity index (χ2v) is 4.13. The Morgan fingerprint density at radius 2 is 1.79 bits per heavy atom. The van der Waals surface area contributed by atoms with Crippen LogP contribution in [0.15, 0.2) is 18.6 Å². The number of nitrogens with one attached hydrogen (secondary N) is 2. The van der Waals surface area contributed by atoms with Crippen LogP contribution < -0.4 is 5.32 Å². The Kier molecular flexibility index (Phi) is 3.41. The van der Waals surface area contributed by atoms with E-state index in [2.05, 4.69) is 25.3 Å². The highest BCUT2D eigenvalue weighted by Crippen LogP contribution is 2.28. The number of nitrogens with zero attached hydrogens (tertiary/aromatic N) is 3. The van der Waals surface area contributed by atoms with E-state index in [0.29, 0.717) is 5.95 Å². The van der Waals surface area contributed by atoms with Gasteiger partial charge in [-0.1, -0.05) is 0 Å². The van der Waals surface area contributed by atoms with Crippen molar-refractivity contribution in [2.75, 3.05) is 5.32 Å². The van der Waals surface area contributed by atoms with Gasteiger partial charge in [0.25, 0.3) is 0 Å². The first-order chi connectivity index (χ1) is 8.86. The molecule has 0 fully saturated rings. The molecule has 0 saturated heterocycles. The number of H-pyrrole nitrogens is 1. The third kappa shape index (κ3) is 3.21. The lowest BCUT2D eigenvalue weighted by Crippen LogP contribution is -2.12. The van der Waals surface area contributed by atoms with Crippen LogP contribution in [0.3, 0.4) is 0 Å². The van der Waals surface area contributed by atoms with Crippen molar-refractivity contribution in [1.29, 1.82) is 0 Å². The Balaban J connectivity index is 2.09. The van der Waals surface area contributed by atoms with Gasteiger partial charge in [-0.05, 0) is 19.4 Å². The number of rotatable bonds is 3. The summed E-state index contributed by atoms with van der Waals surface area (Å²) < 4.78 is 37.3. The molecule has 0 bridgehead atoms. The molecule has 0 aliphatic carbocycles. The summed E-state index contributed by atoms with van der Waals surface area (Å²) in [5, 5.41) is 2.87. The van der Waals surface area contributed by atoms with E-state index in [1.807, 2.05) is 6.92 Å². The third-order valence-corrected chi connectivity index (χ3v) is 2.44. The monoisotopic (exact) mass is 271 g/mol. The zero-order valence-electron chi connectivity index (χ0n) is 10.3. The normalized spacial score (nSPS) is 13.3. The molecule has 0 amide bonds. The Morgan fingerprint density at radius 3 is 2.32 bits per heavy atom. The molecule has 2 aromatic heterocycles. The molecule has 2 rings (SSSR count). The number of aryl methyl sites for hydroxylation is 1. The van der Waals surface area contributed by atoms with Crippen LogP contribution in [0.25, 0.3) is 0 Å². The number of hydrogen-bond donors (Lipinski definition) is 2. The number of hydrogen-bond acceptors (Lipinski definition) is 4. The number of halogens is 3. The fraction of sp³-hybridized carbons (Fsp3) is 0.364. The Labute approximate surface area is 107 Å². The maximum Gasteiger partial charge on any atom is 0.432 e. The number of alkyl halides is 3. The van der Waals surface area contributed by atoms with Gasteiger partial charge in [-0.2, -0.15) is 13.2 Å². The molecule has 8 heteroatoms. The van der Waals surface area contributed by atoms with Crippen molar-refractivity contribution in [3.63, 3.8) is 0 Å². The van der Waals surface area contributed by atoms with E-state index in [-0.39, 0.29) is 5.82 Å². The van der Waals surface area contributed by atoms with E-state index < -0.39 is 17.9 Å². The smallest absolute Gasteiger partial charge is 0.345 e. The second kappa shape index (κ2) is 4.87. The molecule has 0 aromatic carbocycles. The molecule has 1 atom stereocenters. The summed E-state index contributed by atoms with van der Waals surface area (Å²) in [7, 11) is 0. The zero-order valence-corrected chi connectivity index (χ0v) is 10.3. The highest BCUT2D eigenvalue weighted by Gasteiger charge is 2.33. The van der Waals surface area contributed by atoms with E-state index in [9.17, 15) is 13.2 Å². The molecule has 1 unspecified atom stereocenters. The minimum atomic E-state index is -4.43. The van der Waals surface area contributed by atoms with Gasteiger partial charge in [0.05, 0.1) is 12.2 Å². The quantitative estimate of drug-likeness (QED) is 0.900. The Bertz CT molecular complexity index is 546. The fourth-order valence-corrected chi connectivity index (χ4v) is 1.43. The molecule has 2 aromatic rings. The lowest BCUT2D eigenvalue weighted by atomic mass is 10.3. The molecule has 0 radical (unpaired) electrons. The van der Waals surface area contributed by atoms with Crippen molar-refractivity contribution in [2.24, 2.45) is 0 Å². The van der Waals surface area contributed by atoms with Crippen molar-refractivity contribution in [3.8, 4) is 0 Å². The van der Waals surface area contributed by atoms with E-state index in [1.54, 1.807) is 19.3 Å². The van der Waals surface area contributed by atoms with Gasteiger partial charge in [0, 0.05) is 12.4 Å². The summed E-state index contributed by atoms with van der Waals surface area (Å²) in [4.78, 5) is 14.0. The third-order valence-electron chi connectivity index (χ3n) is 2.44. The molecule has 2 N–H and O–H groups in total.